The van der Waals surface area contributed by atoms with E-state index >= 15 is 0 Å². The minimum atomic E-state index is -0.0500. The summed E-state index contributed by atoms with van der Waals surface area (Å²) in [7, 11) is 1.96. The molecule has 0 radical (unpaired) electrons. The normalized spacial score (nSPS) is 16.2. The third-order valence-electron chi connectivity index (χ3n) is 5.46. The molecule has 0 saturated heterocycles. The Balaban J connectivity index is 1.56. The van der Waals surface area contributed by atoms with Crippen LogP contribution in [0, 0.1) is 13.8 Å². The van der Waals surface area contributed by atoms with Gasteiger partial charge in [0.1, 0.15) is 0 Å². The molecule has 1 amide bonds. The molecule has 0 spiro atoms. The van der Waals surface area contributed by atoms with Crippen molar-refractivity contribution in [2.75, 3.05) is 0 Å². The number of rotatable bonds is 4. The number of carbonyl (C=O) groups is 1. The van der Waals surface area contributed by atoms with Crippen LogP contribution in [0.25, 0.3) is 0 Å². The first kappa shape index (κ1) is 17.5. The summed E-state index contributed by atoms with van der Waals surface area (Å²) in [5.41, 5.74) is 5.88. The molecule has 3 aromatic rings. The van der Waals surface area contributed by atoms with E-state index in [1.165, 1.54) is 11.3 Å². The van der Waals surface area contributed by atoms with E-state index in [9.17, 15) is 4.79 Å². The molecule has 2 aromatic heterocycles. The molecule has 1 unspecified atom stereocenters. The summed E-state index contributed by atoms with van der Waals surface area (Å²) in [6, 6.07) is 10.2. The van der Waals surface area contributed by atoms with Crippen LogP contribution in [-0.2, 0) is 20.0 Å². The molecule has 0 saturated carbocycles. The quantitative estimate of drug-likeness (QED) is 0.775. The van der Waals surface area contributed by atoms with Crippen molar-refractivity contribution >= 4 is 5.91 Å². The lowest BCUT2D eigenvalue weighted by Crippen LogP contribution is -2.31. The number of hydrogen-bond acceptors (Lipinski definition) is 3. The first-order chi connectivity index (χ1) is 13.0. The molecular formula is C21H25N5O. The largest absolute Gasteiger partial charge is 0.345 e. The molecule has 1 atom stereocenters. The Morgan fingerprint density at radius 1 is 1.26 bits per heavy atom. The molecule has 6 nitrogen and oxygen atoms in total. The van der Waals surface area contributed by atoms with Crippen molar-refractivity contribution in [2.45, 2.75) is 45.7 Å². The summed E-state index contributed by atoms with van der Waals surface area (Å²) in [6.45, 7) is 4.53. The topological polar surface area (TPSA) is 64.7 Å². The standard InChI is InChI=1S/C21H25N5O/c1-14-20(15(2)26(24-14)13-16-8-5-4-6-9-16)21(27)23-18-10-7-11-19-17(18)12-22-25(19)3/h4-6,8-9,12,18H,7,10-11,13H2,1-3H3,(H,23,27). The van der Waals surface area contributed by atoms with Crippen molar-refractivity contribution in [1.82, 2.24) is 24.9 Å². The Morgan fingerprint density at radius 2 is 2.04 bits per heavy atom. The predicted molar refractivity (Wildman–Crippen MR) is 104 cm³/mol. The van der Waals surface area contributed by atoms with Gasteiger partial charge in [0.25, 0.3) is 5.91 Å². The molecule has 0 aliphatic heterocycles. The van der Waals surface area contributed by atoms with Gasteiger partial charge < -0.3 is 5.32 Å². The minimum absolute atomic E-state index is 0.0197. The van der Waals surface area contributed by atoms with Crippen LogP contribution in [0.5, 0.6) is 0 Å². The van der Waals surface area contributed by atoms with Crippen LogP contribution in [0.1, 0.15) is 57.5 Å². The van der Waals surface area contributed by atoms with E-state index in [2.05, 4.69) is 27.6 Å². The Morgan fingerprint density at radius 3 is 2.81 bits per heavy atom. The summed E-state index contributed by atoms with van der Waals surface area (Å²) in [5.74, 6) is -0.0500. The van der Waals surface area contributed by atoms with Crippen LogP contribution < -0.4 is 5.32 Å². The zero-order valence-electron chi connectivity index (χ0n) is 16.1. The summed E-state index contributed by atoms with van der Waals surface area (Å²) in [6.07, 6.45) is 4.91. The van der Waals surface area contributed by atoms with Crippen molar-refractivity contribution in [3.8, 4) is 0 Å². The maximum Gasteiger partial charge on any atom is 0.255 e. The van der Waals surface area contributed by atoms with Gasteiger partial charge in [0.2, 0.25) is 0 Å². The first-order valence-electron chi connectivity index (χ1n) is 9.44. The third kappa shape index (κ3) is 3.27. The number of nitrogens with zero attached hydrogens (tertiary/aromatic N) is 4. The van der Waals surface area contributed by atoms with Crippen molar-refractivity contribution in [3.63, 3.8) is 0 Å². The Labute approximate surface area is 159 Å². The minimum Gasteiger partial charge on any atom is -0.345 e. The maximum absolute atomic E-state index is 13.0. The molecule has 0 fully saturated rings. The average molecular weight is 363 g/mol. The number of carbonyl (C=O) groups excluding carboxylic acids is 1. The molecule has 0 bridgehead atoms. The van der Waals surface area contributed by atoms with Gasteiger partial charge in [0.05, 0.1) is 30.0 Å². The van der Waals surface area contributed by atoms with Crippen molar-refractivity contribution in [1.29, 1.82) is 0 Å². The van der Waals surface area contributed by atoms with Gasteiger partial charge in [-0.2, -0.15) is 10.2 Å². The second kappa shape index (κ2) is 7.02. The summed E-state index contributed by atoms with van der Waals surface area (Å²) in [4.78, 5) is 13.0. The molecule has 27 heavy (non-hydrogen) atoms. The molecular weight excluding hydrogens is 338 g/mol. The second-order valence-electron chi connectivity index (χ2n) is 7.28. The van der Waals surface area contributed by atoms with Crippen LogP contribution in [0.15, 0.2) is 36.5 Å². The smallest absolute Gasteiger partial charge is 0.255 e. The summed E-state index contributed by atoms with van der Waals surface area (Å²) < 4.78 is 3.83. The number of nitrogens with one attached hydrogen (secondary N) is 1. The highest BCUT2D eigenvalue weighted by Gasteiger charge is 2.27. The second-order valence-corrected chi connectivity index (χ2v) is 7.28. The summed E-state index contributed by atoms with van der Waals surface area (Å²) in [5, 5.41) is 12.2. The van der Waals surface area contributed by atoms with Gasteiger partial charge in [-0.25, -0.2) is 0 Å². The van der Waals surface area contributed by atoms with Gasteiger partial charge in [-0.15, -0.1) is 0 Å². The Hall–Kier alpha value is -2.89. The highest BCUT2D eigenvalue weighted by molar-refractivity contribution is 5.96. The lowest BCUT2D eigenvalue weighted by Gasteiger charge is -2.24. The lowest BCUT2D eigenvalue weighted by atomic mass is 9.92. The SMILES string of the molecule is Cc1nn(Cc2ccccc2)c(C)c1C(=O)NC1CCCc2c1cnn2C. The van der Waals surface area contributed by atoms with E-state index in [0.717, 1.165) is 36.2 Å². The van der Waals surface area contributed by atoms with Crippen molar-refractivity contribution in [2.24, 2.45) is 7.05 Å². The molecule has 140 valence electrons. The van der Waals surface area contributed by atoms with Crippen molar-refractivity contribution in [3.05, 3.63) is 70.3 Å². The average Bonchev–Trinajstić information content (AvgIpc) is 3.17. The van der Waals surface area contributed by atoms with E-state index in [0.29, 0.717) is 12.1 Å². The van der Waals surface area contributed by atoms with Gasteiger partial charge >= 0.3 is 0 Å². The fourth-order valence-electron chi connectivity index (χ4n) is 4.02. The van der Waals surface area contributed by atoms with E-state index < -0.39 is 0 Å². The number of aryl methyl sites for hydroxylation is 2. The highest BCUT2D eigenvalue weighted by atomic mass is 16.1. The number of hydrogen-bond donors (Lipinski definition) is 1. The van der Waals surface area contributed by atoms with Gasteiger partial charge in [-0.1, -0.05) is 30.3 Å². The predicted octanol–water partition coefficient (Wildman–Crippen LogP) is 3.09. The van der Waals surface area contributed by atoms with Crippen LogP contribution in [-0.4, -0.2) is 25.5 Å². The van der Waals surface area contributed by atoms with E-state index in [1.807, 2.05) is 54.7 Å². The fraction of sp³-hybridized carbons (Fsp3) is 0.381. The van der Waals surface area contributed by atoms with Crippen LogP contribution in [0.4, 0.5) is 0 Å². The van der Waals surface area contributed by atoms with Gasteiger partial charge in [-0.3, -0.25) is 14.2 Å². The summed E-state index contributed by atoms with van der Waals surface area (Å²) >= 11 is 0. The Kier molecular flexibility index (Phi) is 4.56. The number of fused-ring (bicyclic) bond motifs is 1. The molecule has 1 aliphatic carbocycles. The van der Waals surface area contributed by atoms with E-state index in [4.69, 9.17) is 0 Å². The first-order valence-corrected chi connectivity index (χ1v) is 9.44. The molecule has 4 rings (SSSR count). The fourth-order valence-corrected chi connectivity index (χ4v) is 4.02. The molecule has 6 heteroatoms. The third-order valence-corrected chi connectivity index (χ3v) is 5.46. The maximum atomic E-state index is 13.0. The molecule has 1 aliphatic rings. The van der Waals surface area contributed by atoms with Gasteiger partial charge in [-0.05, 0) is 38.7 Å². The van der Waals surface area contributed by atoms with Crippen LogP contribution in [0.2, 0.25) is 0 Å². The van der Waals surface area contributed by atoms with Crippen molar-refractivity contribution < 1.29 is 4.79 Å². The molecule has 2 heterocycles. The monoisotopic (exact) mass is 363 g/mol. The number of amides is 1. The van der Waals surface area contributed by atoms with E-state index in [1.54, 1.807) is 0 Å². The number of benzene rings is 1. The number of aromatic nitrogens is 4. The zero-order chi connectivity index (χ0) is 19.0. The zero-order valence-corrected chi connectivity index (χ0v) is 16.1. The molecule has 1 N–H and O–H groups in total. The molecule has 1 aromatic carbocycles. The van der Waals surface area contributed by atoms with Crippen LogP contribution in [0.3, 0.4) is 0 Å². The van der Waals surface area contributed by atoms with Gasteiger partial charge in [0.15, 0.2) is 0 Å². The highest BCUT2D eigenvalue weighted by Crippen LogP contribution is 2.29. The van der Waals surface area contributed by atoms with E-state index in [-0.39, 0.29) is 11.9 Å². The van der Waals surface area contributed by atoms with Crippen LogP contribution >= 0.6 is 0 Å². The lowest BCUT2D eigenvalue weighted by molar-refractivity contribution is 0.0931. The Bertz CT molecular complexity index is 970. The van der Waals surface area contributed by atoms with Gasteiger partial charge in [0, 0.05) is 24.0 Å².